The number of ether oxygens (including phenoxy) is 4. The molecule has 0 bridgehead atoms. The fourth-order valence-electron chi connectivity index (χ4n) is 2.91. The van der Waals surface area contributed by atoms with Gasteiger partial charge >= 0.3 is 6.09 Å². The molecule has 0 radical (unpaired) electrons. The number of methoxy groups -OCH3 is 3. The molecule has 0 unspecified atom stereocenters. The third-order valence-corrected chi connectivity index (χ3v) is 4.17. The molecule has 1 aromatic carbocycles. The summed E-state index contributed by atoms with van der Waals surface area (Å²) in [7, 11) is 4.64. The molecule has 31 heavy (non-hydrogen) atoms. The molecule has 9 heteroatoms. The van der Waals surface area contributed by atoms with Crippen LogP contribution in [0.25, 0.3) is 11.4 Å². The first-order chi connectivity index (χ1) is 14.8. The van der Waals surface area contributed by atoms with Crippen LogP contribution in [0.1, 0.15) is 20.8 Å². The van der Waals surface area contributed by atoms with Crippen LogP contribution in [0.2, 0.25) is 0 Å². The van der Waals surface area contributed by atoms with E-state index in [1.165, 1.54) is 4.57 Å². The third kappa shape index (κ3) is 5.06. The minimum absolute atomic E-state index is 0.476. The molecule has 9 nitrogen and oxygen atoms in total. The van der Waals surface area contributed by atoms with E-state index in [1.54, 1.807) is 64.2 Å². The maximum atomic E-state index is 12.5. The Morgan fingerprint density at radius 2 is 1.71 bits per heavy atom. The molecule has 2 heterocycles. The van der Waals surface area contributed by atoms with Crippen LogP contribution in [0.3, 0.4) is 0 Å². The van der Waals surface area contributed by atoms with Gasteiger partial charge in [0.1, 0.15) is 17.1 Å². The van der Waals surface area contributed by atoms with E-state index in [-0.39, 0.29) is 0 Å². The summed E-state index contributed by atoms with van der Waals surface area (Å²) in [5.41, 5.74) is 1.13. The van der Waals surface area contributed by atoms with Crippen LogP contribution in [0.5, 0.6) is 17.2 Å². The first kappa shape index (κ1) is 21.9. The number of carbonyl (C=O) groups excluding carboxylic acids is 1. The standard InChI is InChI=1S/C22H26N4O5/c1-22(2,3)31-21(27)26-9-7-8-16(26)15-12-23-13-19(25-15)24-14-10-17(28-4)20(30-6)18(11-14)29-5/h7-13H,1-6H3,(H,24,25). The van der Waals surface area contributed by atoms with E-state index in [0.717, 1.165) is 0 Å². The van der Waals surface area contributed by atoms with Gasteiger partial charge in [0.05, 0.1) is 39.4 Å². The monoisotopic (exact) mass is 426 g/mol. The van der Waals surface area contributed by atoms with Crippen molar-refractivity contribution in [1.29, 1.82) is 0 Å². The van der Waals surface area contributed by atoms with Crippen molar-refractivity contribution in [3.63, 3.8) is 0 Å². The fraction of sp³-hybridized carbons (Fsp3) is 0.318. The Labute approximate surface area is 180 Å². The number of hydrogen-bond donors (Lipinski definition) is 1. The van der Waals surface area contributed by atoms with E-state index in [0.29, 0.717) is 40.1 Å². The van der Waals surface area contributed by atoms with E-state index in [1.807, 2.05) is 20.8 Å². The Balaban J connectivity index is 1.91. The lowest BCUT2D eigenvalue weighted by atomic mass is 10.2. The molecule has 0 amide bonds. The summed E-state index contributed by atoms with van der Waals surface area (Å²) >= 11 is 0. The highest BCUT2D eigenvalue weighted by atomic mass is 16.6. The minimum atomic E-state index is -0.611. The van der Waals surface area contributed by atoms with Crippen LogP contribution in [-0.2, 0) is 4.74 Å². The van der Waals surface area contributed by atoms with Crippen molar-refractivity contribution in [2.75, 3.05) is 26.6 Å². The fourth-order valence-corrected chi connectivity index (χ4v) is 2.91. The normalized spacial score (nSPS) is 11.0. The summed E-state index contributed by atoms with van der Waals surface area (Å²) in [6.45, 7) is 5.45. The predicted octanol–water partition coefficient (Wildman–Crippen LogP) is 4.50. The molecule has 2 aromatic heterocycles. The summed E-state index contributed by atoms with van der Waals surface area (Å²) in [4.78, 5) is 21.4. The second-order valence-corrected chi connectivity index (χ2v) is 7.57. The molecule has 0 saturated carbocycles. The Hall–Kier alpha value is -3.75. The van der Waals surface area contributed by atoms with Crippen molar-refractivity contribution in [2.24, 2.45) is 0 Å². The lowest BCUT2D eigenvalue weighted by molar-refractivity contribution is 0.0540. The average molecular weight is 426 g/mol. The Morgan fingerprint density at radius 1 is 1.03 bits per heavy atom. The van der Waals surface area contributed by atoms with Gasteiger partial charge in [-0.15, -0.1) is 0 Å². The topological polar surface area (TPSA) is 96.7 Å². The van der Waals surface area contributed by atoms with Gasteiger partial charge < -0.3 is 24.3 Å². The molecule has 3 rings (SSSR count). The zero-order chi connectivity index (χ0) is 22.6. The number of anilines is 2. The van der Waals surface area contributed by atoms with Gasteiger partial charge in [-0.2, -0.15) is 0 Å². The van der Waals surface area contributed by atoms with Crippen molar-refractivity contribution in [1.82, 2.24) is 14.5 Å². The smallest absolute Gasteiger partial charge is 0.419 e. The van der Waals surface area contributed by atoms with Gasteiger partial charge in [0.15, 0.2) is 11.5 Å². The molecule has 3 aromatic rings. The molecule has 0 spiro atoms. The molecular formula is C22H26N4O5. The highest BCUT2D eigenvalue weighted by molar-refractivity contribution is 5.78. The summed E-state index contributed by atoms with van der Waals surface area (Å²) in [6, 6.07) is 7.05. The molecule has 0 saturated heterocycles. The third-order valence-electron chi connectivity index (χ3n) is 4.17. The number of nitrogens with zero attached hydrogens (tertiary/aromatic N) is 3. The van der Waals surface area contributed by atoms with Gasteiger partial charge in [-0.05, 0) is 32.9 Å². The van der Waals surface area contributed by atoms with Crippen molar-refractivity contribution in [3.8, 4) is 28.6 Å². The average Bonchev–Trinajstić information content (AvgIpc) is 3.22. The van der Waals surface area contributed by atoms with E-state index >= 15 is 0 Å². The lowest BCUT2D eigenvalue weighted by Gasteiger charge is -2.20. The molecule has 0 aliphatic carbocycles. The van der Waals surface area contributed by atoms with Gasteiger partial charge in [0.25, 0.3) is 0 Å². The number of aromatic nitrogens is 3. The summed E-state index contributed by atoms with van der Waals surface area (Å²) < 4.78 is 23.0. The molecule has 0 aliphatic rings. The van der Waals surface area contributed by atoms with Crippen LogP contribution < -0.4 is 19.5 Å². The predicted molar refractivity (Wildman–Crippen MR) is 116 cm³/mol. The maximum absolute atomic E-state index is 12.5. The summed E-state index contributed by atoms with van der Waals surface area (Å²) in [5, 5.41) is 3.18. The Bertz CT molecular complexity index is 1050. The lowest BCUT2D eigenvalue weighted by Crippen LogP contribution is -2.27. The number of nitrogens with one attached hydrogen (secondary N) is 1. The number of benzene rings is 1. The zero-order valence-corrected chi connectivity index (χ0v) is 18.4. The summed E-state index contributed by atoms with van der Waals surface area (Å²) in [5.74, 6) is 1.98. The highest BCUT2D eigenvalue weighted by Gasteiger charge is 2.20. The number of hydrogen-bond acceptors (Lipinski definition) is 8. The second kappa shape index (κ2) is 8.95. The van der Waals surface area contributed by atoms with E-state index < -0.39 is 11.7 Å². The summed E-state index contributed by atoms with van der Waals surface area (Å²) in [6.07, 6.45) is 4.30. The van der Waals surface area contributed by atoms with Gasteiger partial charge in [-0.3, -0.25) is 9.55 Å². The molecular weight excluding hydrogens is 400 g/mol. The van der Waals surface area contributed by atoms with Crippen molar-refractivity contribution in [2.45, 2.75) is 26.4 Å². The van der Waals surface area contributed by atoms with Gasteiger partial charge in [0.2, 0.25) is 5.75 Å². The van der Waals surface area contributed by atoms with Crippen LogP contribution in [0, 0.1) is 0 Å². The molecule has 0 fully saturated rings. The Morgan fingerprint density at radius 3 is 2.29 bits per heavy atom. The van der Waals surface area contributed by atoms with Crippen molar-refractivity contribution >= 4 is 17.6 Å². The Kier molecular flexibility index (Phi) is 6.33. The van der Waals surface area contributed by atoms with Crippen molar-refractivity contribution in [3.05, 3.63) is 42.9 Å². The largest absolute Gasteiger partial charge is 0.493 e. The highest BCUT2D eigenvalue weighted by Crippen LogP contribution is 2.40. The van der Waals surface area contributed by atoms with Crippen LogP contribution in [0.15, 0.2) is 42.9 Å². The molecule has 1 N–H and O–H groups in total. The zero-order valence-electron chi connectivity index (χ0n) is 18.4. The van der Waals surface area contributed by atoms with Crippen LogP contribution in [-0.4, -0.2) is 47.6 Å². The van der Waals surface area contributed by atoms with Crippen LogP contribution >= 0.6 is 0 Å². The molecule has 0 aliphatic heterocycles. The minimum Gasteiger partial charge on any atom is -0.493 e. The van der Waals surface area contributed by atoms with Gasteiger partial charge in [0, 0.05) is 24.0 Å². The van der Waals surface area contributed by atoms with Crippen LogP contribution in [0.4, 0.5) is 16.3 Å². The number of rotatable bonds is 6. The van der Waals surface area contributed by atoms with E-state index in [4.69, 9.17) is 18.9 Å². The van der Waals surface area contributed by atoms with Gasteiger partial charge in [-0.25, -0.2) is 9.78 Å². The quantitative estimate of drug-likeness (QED) is 0.615. The number of carbonyl (C=O) groups is 1. The van der Waals surface area contributed by atoms with E-state index in [2.05, 4.69) is 15.3 Å². The SMILES string of the molecule is COc1cc(Nc2cncc(-c3cccn3C(=O)OC(C)(C)C)n2)cc(OC)c1OC. The first-order valence-electron chi connectivity index (χ1n) is 9.56. The molecule has 0 atom stereocenters. The molecule has 164 valence electrons. The first-order valence-corrected chi connectivity index (χ1v) is 9.56. The second-order valence-electron chi connectivity index (χ2n) is 7.57. The maximum Gasteiger partial charge on any atom is 0.419 e. The van der Waals surface area contributed by atoms with Gasteiger partial charge in [-0.1, -0.05) is 0 Å². The van der Waals surface area contributed by atoms with Crippen molar-refractivity contribution < 1.29 is 23.7 Å². The van der Waals surface area contributed by atoms with E-state index in [9.17, 15) is 4.79 Å².